The van der Waals surface area contributed by atoms with E-state index in [0.29, 0.717) is 6.54 Å². The summed E-state index contributed by atoms with van der Waals surface area (Å²) in [5.41, 5.74) is 4.51. The third-order valence-corrected chi connectivity index (χ3v) is 5.12. The summed E-state index contributed by atoms with van der Waals surface area (Å²) in [6, 6.07) is 14.6. The minimum Gasteiger partial charge on any atom is -0.483 e. The second kappa shape index (κ2) is 9.71. The molecule has 0 radical (unpaired) electrons. The maximum Gasteiger partial charge on any atom is 0.258 e. The van der Waals surface area contributed by atoms with Crippen LogP contribution in [0.25, 0.3) is 0 Å². The zero-order valence-electron chi connectivity index (χ0n) is 17.0. The van der Waals surface area contributed by atoms with Crippen molar-refractivity contribution in [2.24, 2.45) is 0 Å². The molecule has 0 aliphatic carbocycles. The van der Waals surface area contributed by atoms with Crippen LogP contribution in [0.2, 0.25) is 0 Å². The van der Waals surface area contributed by atoms with E-state index in [9.17, 15) is 4.79 Å². The molecule has 0 saturated carbocycles. The predicted octanol–water partition coefficient (Wildman–Crippen LogP) is 3.18. The molecule has 1 N–H and O–H groups in total. The zero-order chi connectivity index (χ0) is 19.9. The van der Waals surface area contributed by atoms with E-state index in [-0.39, 0.29) is 18.6 Å². The van der Waals surface area contributed by atoms with E-state index < -0.39 is 0 Å². The van der Waals surface area contributed by atoms with Crippen molar-refractivity contribution in [1.29, 1.82) is 0 Å². The first-order valence-corrected chi connectivity index (χ1v) is 9.88. The van der Waals surface area contributed by atoms with E-state index in [4.69, 9.17) is 9.47 Å². The van der Waals surface area contributed by atoms with Gasteiger partial charge in [0.1, 0.15) is 5.75 Å². The Labute approximate surface area is 167 Å². The van der Waals surface area contributed by atoms with Gasteiger partial charge in [0.2, 0.25) is 0 Å². The SMILES string of the molecule is Cc1cc(C)c(OCC(=O)NCC(c2ccccc2)N2CCOCC2)c(C)c1. The van der Waals surface area contributed by atoms with Crippen LogP contribution in [-0.4, -0.2) is 50.3 Å². The highest BCUT2D eigenvalue weighted by molar-refractivity contribution is 5.77. The third-order valence-electron chi connectivity index (χ3n) is 5.12. The summed E-state index contributed by atoms with van der Waals surface area (Å²) in [7, 11) is 0. The van der Waals surface area contributed by atoms with Crippen LogP contribution in [0.15, 0.2) is 42.5 Å². The van der Waals surface area contributed by atoms with Crippen molar-refractivity contribution >= 4 is 5.91 Å². The van der Waals surface area contributed by atoms with Gasteiger partial charge in [0.05, 0.1) is 19.3 Å². The first-order valence-electron chi connectivity index (χ1n) is 9.88. The number of rotatable bonds is 7. The summed E-state index contributed by atoms with van der Waals surface area (Å²) < 4.78 is 11.3. The number of hydrogen-bond acceptors (Lipinski definition) is 4. The van der Waals surface area contributed by atoms with E-state index >= 15 is 0 Å². The van der Waals surface area contributed by atoms with E-state index in [2.05, 4.69) is 41.4 Å². The first-order chi connectivity index (χ1) is 13.5. The molecule has 2 aromatic rings. The molecule has 5 nitrogen and oxygen atoms in total. The summed E-state index contributed by atoms with van der Waals surface area (Å²) in [6.45, 7) is 9.85. The molecule has 150 valence electrons. The lowest BCUT2D eigenvalue weighted by Gasteiger charge is -2.34. The molecule has 28 heavy (non-hydrogen) atoms. The van der Waals surface area contributed by atoms with E-state index in [1.807, 2.05) is 32.0 Å². The summed E-state index contributed by atoms with van der Waals surface area (Å²) in [5, 5.41) is 3.05. The molecule has 1 aliphatic rings. The Morgan fingerprint density at radius 3 is 2.39 bits per heavy atom. The lowest BCUT2D eigenvalue weighted by Crippen LogP contribution is -2.44. The smallest absolute Gasteiger partial charge is 0.258 e. The number of aryl methyl sites for hydroxylation is 3. The number of morpholine rings is 1. The number of benzene rings is 2. The van der Waals surface area contributed by atoms with E-state index in [1.54, 1.807) is 0 Å². The summed E-state index contributed by atoms with van der Waals surface area (Å²) in [6.07, 6.45) is 0. The van der Waals surface area contributed by atoms with Crippen LogP contribution in [0, 0.1) is 20.8 Å². The van der Waals surface area contributed by atoms with Crippen molar-refractivity contribution in [2.75, 3.05) is 39.5 Å². The van der Waals surface area contributed by atoms with Gasteiger partial charge >= 0.3 is 0 Å². The fraction of sp³-hybridized carbons (Fsp3) is 0.435. The number of carbonyl (C=O) groups excluding carboxylic acids is 1. The van der Waals surface area contributed by atoms with Crippen molar-refractivity contribution in [2.45, 2.75) is 26.8 Å². The molecule has 3 rings (SSSR count). The van der Waals surface area contributed by atoms with Crippen molar-refractivity contribution in [3.8, 4) is 5.75 Å². The van der Waals surface area contributed by atoms with Gasteiger partial charge in [-0.25, -0.2) is 0 Å². The number of ether oxygens (including phenoxy) is 2. The Kier molecular flexibility index (Phi) is 7.06. The molecule has 5 heteroatoms. The van der Waals surface area contributed by atoms with Gasteiger partial charge in [0.25, 0.3) is 5.91 Å². The lowest BCUT2D eigenvalue weighted by atomic mass is 10.0. The average Bonchev–Trinajstić information content (AvgIpc) is 2.69. The lowest BCUT2D eigenvalue weighted by molar-refractivity contribution is -0.123. The van der Waals surface area contributed by atoms with Gasteiger partial charge in [-0.05, 0) is 37.5 Å². The topological polar surface area (TPSA) is 50.8 Å². The Bertz CT molecular complexity index is 763. The maximum absolute atomic E-state index is 12.4. The molecule has 0 bridgehead atoms. The molecule has 1 saturated heterocycles. The zero-order valence-corrected chi connectivity index (χ0v) is 17.0. The van der Waals surface area contributed by atoms with Gasteiger partial charge in [-0.15, -0.1) is 0 Å². The van der Waals surface area contributed by atoms with Crippen LogP contribution in [0.5, 0.6) is 5.75 Å². The minimum absolute atomic E-state index is 0.0232. The Morgan fingerprint density at radius 1 is 1.11 bits per heavy atom. The van der Waals surface area contributed by atoms with Crippen LogP contribution in [0.4, 0.5) is 0 Å². The Balaban J connectivity index is 1.59. The number of amides is 1. The van der Waals surface area contributed by atoms with Crippen LogP contribution >= 0.6 is 0 Å². The minimum atomic E-state index is -0.103. The Morgan fingerprint density at radius 2 is 1.75 bits per heavy atom. The van der Waals surface area contributed by atoms with E-state index in [0.717, 1.165) is 43.2 Å². The molecule has 1 fully saturated rings. The normalized spacial score (nSPS) is 15.8. The monoisotopic (exact) mass is 382 g/mol. The highest BCUT2D eigenvalue weighted by Gasteiger charge is 2.23. The van der Waals surface area contributed by atoms with Crippen molar-refractivity contribution < 1.29 is 14.3 Å². The number of nitrogens with zero attached hydrogens (tertiary/aromatic N) is 1. The van der Waals surface area contributed by atoms with Crippen molar-refractivity contribution in [3.05, 3.63) is 64.7 Å². The van der Waals surface area contributed by atoms with Gasteiger partial charge in [-0.1, -0.05) is 48.0 Å². The molecule has 1 aliphatic heterocycles. The quantitative estimate of drug-likeness (QED) is 0.799. The van der Waals surface area contributed by atoms with Crippen molar-refractivity contribution in [3.63, 3.8) is 0 Å². The van der Waals surface area contributed by atoms with Crippen molar-refractivity contribution in [1.82, 2.24) is 10.2 Å². The Hall–Kier alpha value is -2.37. The van der Waals surface area contributed by atoms with E-state index in [1.165, 1.54) is 11.1 Å². The fourth-order valence-corrected chi connectivity index (χ4v) is 3.82. The molecule has 2 aromatic carbocycles. The summed E-state index contributed by atoms with van der Waals surface area (Å²) in [5.74, 6) is 0.696. The molecular formula is C23H30N2O3. The molecule has 1 atom stereocenters. The summed E-state index contributed by atoms with van der Waals surface area (Å²) in [4.78, 5) is 14.8. The number of carbonyl (C=O) groups is 1. The van der Waals surface area contributed by atoms with Crippen LogP contribution < -0.4 is 10.1 Å². The average molecular weight is 383 g/mol. The third kappa shape index (κ3) is 5.33. The van der Waals surface area contributed by atoms with Crippen LogP contribution in [0.1, 0.15) is 28.3 Å². The molecule has 1 heterocycles. The molecule has 1 amide bonds. The summed E-state index contributed by atoms with van der Waals surface area (Å²) >= 11 is 0. The molecule has 0 aromatic heterocycles. The van der Waals surface area contributed by atoms with Gasteiger partial charge in [-0.2, -0.15) is 0 Å². The largest absolute Gasteiger partial charge is 0.483 e. The second-order valence-electron chi connectivity index (χ2n) is 7.40. The highest BCUT2D eigenvalue weighted by Crippen LogP contribution is 2.24. The van der Waals surface area contributed by atoms with Gasteiger partial charge in [-0.3, -0.25) is 9.69 Å². The van der Waals surface area contributed by atoms with Gasteiger partial charge in [0.15, 0.2) is 6.61 Å². The molecular weight excluding hydrogens is 352 g/mol. The predicted molar refractivity (Wildman–Crippen MR) is 111 cm³/mol. The maximum atomic E-state index is 12.4. The second-order valence-corrected chi connectivity index (χ2v) is 7.40. The van der Waals surface area contributed by atoms with Crippen LogP contribution in [-0.2, 0) is 9.53 Å². The standard InChI is InChI=1S/C23H30N2O3/c1-17-13-18(2)23(19(3)14-17)28-16-22(26)24-15-21(20-7-5-4-6-8-20)25-9-11-27-12-10-25/h4-8,13-14,21H,9-12,15-16H2,1-3H3,(H,24,26). The molecule has 0 spiro atoms. The number of hydrogen-bond donors (Lipinski definition) is 1. The fourth-order valence-electron chi connectivity index (χ4n) is 3.82. The van der Waals surface area contributed by atoms with Gasteiger partial charge in [0, 0.05) is 19.6 Å². The first kappa shape index (κ1) is 20.4. The van der Waals surface area contributed by atoms with Gasteiger partial charge < -0.3 is 14.8 Å². The number of nitrogens with one attached hydrogen (secondary N) is 1. The van der Waals surface area contributed by atoms with Crippen LogP contribution in [0.3, 0.4) is 0 Å². The molecule has 1 unspecified atom stereocenters. The highest BCUT2D eigenvalue weighted by atomic mass is 16.5.